The molecule has 2 fully saturated rings. The lowest BCUT2D eigenvalue weighted by molar-refractivity contribution is -0.119. The normalized spacial score (nSPS) is 22.8. The highest BCUT2D eigenvalue weighted by atomic mass is 16.2. The quantitative estimate of drug-likeness (QED) is 0.757. The van der Waals surface area contributed by atoms with Crippen LogP contribution in [0.5, 0.6) is 0 Å². The summed E-state index contributed by atoms with van der Waals surface area (Å²) in [6.07, 6.45) is 2.56. The van der Waals surface area contributed by atoms with Crippen molar-refractivity contribution < 1.29 is 14.4 Å². The highest BCUT2D eigenvalue weighted by molar-refractivity contribution is 6.03. The molecule has 2 heterocycles. The highest BCUT2D eigenvalue weighted by Crippen LogP contribution is 2.26. The molecule has 0 aliphatic carbocycles. The van der Waals surface area contributed by atoms with Crippen LogP contribution in [-0.4, -0.2) is 53.2 Å². The number of rotatable bonds is 4. The molecular formula is C27H33N3O3. The summed E-state index contributed by atoms with van der Waals surface area (Å²) in [4.78, 5) is 42.9. The number of carbonyl (C=O) groups is 3. The Morgan fingerprint density at radius 3 is 2.30 bits per heavy atom. The first-order chi connectivity index (χ1) is 15.8. The van der Waals surface area contributed by atoms with Crippen molar-refractivity contribution in [3.05, 3.63) is 65.2 Å². The standard InChI is InChI=1S/C27H33N3O3/c1-18-14-19(2)17-29(16-18)26(32)22-12-11-20(3)23(15-22)28-25(31)24-10-7-13-30(24)27(33)21-8-5-4-6-9-21/h4-6,8-9,11-12,15,18-19,24H,7,10,13-14,16-17H2,1-3H3,(H,28,31). The van der Waals surface area contributed by atoms with Crippen molar-refractivity contribution in [2.45, 2.75) is 46.1 Å². The van der Waals surface area contributed by atoms with Gasteiger partial charge in [-0.25, -0.2) is 0 Å². The Hall–Kier alpha value is -3.15. The second-order valence-electron chi connectivity index (χ2n) is 9.70. The van der Waals surface area contributed by atoms with Gasteiger partial charge in [-0.05, 0) is 67.9 Å². The molecule has 0 bridgehead atoms. The van der Waals surface area contributed by atoms with Gasteiger partial charge in [-0.15, -0.1) is 0 Å². The van der Waals surface area contributed by atoms with Crippen LogP contribution >= 0.6 is 0 Å². The molecule has 2 aromatic carbocycles. The first-order valence-electron chi connectivity index (χ1n) is 11.9. The van der Waals surface area contributed by atoms with Gasteiger partial charge in [0.05, 0.1) is 0 Å². The number of piperidine rings is 1. The van der Waals surface area contributed by atoms with Crippen molar-refractivity contribution in [2.75, 3.05) is 25.0 Å². The predicted octanol–water partition coefficient (Wildman–Crippen LogP) is 4.36. The van der Waals surface area contributed by atoms with Crippen molar-refractivity contribution in [1.29, 1.82) is 0 Å². The number of carbonyl (C=O) groups excluding carboxylic acids is 3. The molecule has 6 heteroatoms. The molecule has 3 unspecified atom stereocenters. The predicted molar refractivity (Wildman–Crippen MR) is 129 cm³/mol. The fourth-order valence-electron chi connectivity index (χ4n) is 5.15. The number of aryl methyl sites for hydroxylation is 1. The highest BCUT2D eigenvalue weighted by Gasteiger charge is 2.35. The SMILES string of the molecule is Cc1ccc(C(=O)N2CC(C)CC(C)C2)cc1NC(=O)C1CCCN1C(=O)c1ccccc1. The maximum absolute atomic E-state index is 13.2. The summed E-state index contributed by atoms with van der Waals surface area (Å²) in [7, 11) is 0. The van der Waals surface area contributed by atoms with Gasteiger partial charge in [0.1, 0.15) is 6.04 Å². The molecule has 0 radical (unpaired) electrons. The third-order valence-corrected chi connectivity index (χ3v) is 6.74. The number of amides is 3. The summed E-state index contributed by atoms with van der Waals surface area (Å²) >= 11 is 0. The minimum atomic E-state index is -0.514. The van der Waals surface area contributed by atoms with Crippen LogP contribution in [0.15, 0.2) is 48.5 Å². The van der Waals surface area contributed by atoms with Gasteiger partial charge < -0.3 is 15.1 Å². The Morgan fingerprint density at radius 2 is 1.61 bits per heavy atom. The zero-order valence-electron chi connectivity index (χ0n) is 19.7. The molecule has 1 N–H and O–H groups in total. The molecule has 6 nitrogen and oxygen atoms in total. The summed E-state index contributed by atoms with van der Waals surface area (Å²) in [5, 5.41) is 3.00. The van der Waals surface area contributed by atoms with E-state index in [1.54, 1.807) is 23.1 Å². The first kappa shape index (κ1) is 23.0. The first-order valence-corrected chi connectivity index (χ1v) is 11.9. The number of hydrogen-bond donors (Lipinski definition) is 1. The second-order valence-corrected chi connectivity index (χ2v) is 9.70. The molecule has 2 aliphatic rings. The zero-order chi connectivity index (χ0) is 23.5. The average Bonchev–Trinajstić information content (AvgIpc) is 3.29. The number of anilines is 1. The van der Waals surface area contributed by atoms with Gasteiger partial charge in [-0.2, -0.15) is 0 Å². The van der Waals surface area contributed by atoms with E-state index >= 15 is 0 Å². The third-order valence-electron chi connectivity index (χ3n) is 6.74. The lowest BCUT2D eigenvalue weighted by Crippen LogP contribution is -2.43. The molecule has 0 aromatic heterocycles. The molecule has 2 saturated heterocycles. The number of nitrogens with zero attached hydrogens (tertiary/aromatic N) is 2. The Kier molecular flexibility index (Phi) is 6.82. The molecule has 0 saturated carbocycles. The molecule has 0 spiro atoms. The largest absolute Gasteiger partial charge is 0.338 e. The smallest absolute Gasteiger partial charge is 0.254 e. The van der Waals surface area contributed by atoms with E-state index < -0.39 is 6.04 Å². The van der Waals surface area contributed by atoms with Crippen LogP contribution in [0.4, 0.5) is 5.69 Å². The van der Waals surface area contributed by atoms with Crippen LogP contribution < -0.4 is 5.32 Å². The van der Waals surface area contributed by atoms with Crippen molar-refractivity contribution in [3.8, 4) is 0 Å². The molecule has 174 valence electrons. The van der Waals surface area contributed by atoms with E-state index in [1.807, 2.05) is 42.2 Å². The average molecular weight is 448 g/mol. The second kappa shape index (κ2) is 9.77. The number of benzene rings is 2. The monoisotopic (exact) mass is 447 g/mol. The number of likely N-dealkylation sites (tertiary alicyclic amines) is 2. The Bertz CT molecular complexity index is 1030. The molecular weight excluding hydrogens is 414 g/mol. The maximum Gasteiger partial charge on any atom is 0.254 e. The van der Waals surface area contributed by atoms with Crippen LogP contribution in [0.1, 0.15) is 59.4 Å². The van der Waals surface area contributed by atoms with Crippen molar-refractivity contribution >= 4 is 23.4 Å². The maximum atomic E-state index is 13.2. The van der Waals surface area contributed by atoms with E-state index in [2.05, 4.69) is 19.2 Å². The molecule has 4 rings (SSSR count). The minimum Gasteiger partial charge on any atom is -0.338 e. The minimum absolute atomic E-state index is 0.00523. The van der Waals surface area contributed by atoms with E-state index in [0.717, 1.165) is 31.5 Å². The molecule has 3 atom stereocenters. The summed E-state index contributed by atoms with van der Waals surface area (Å²) in [5.41, 5.74) is 2.69. The van der Waals surface area contributed by atoms with E-state index in [4.69, 9.17) is 0 Å². The van der Waals surface area contributed by atoms with Gasteiger partial charge in [-0.1, -0.05) is 38.1 Å². The van der Waals surface area contributed by atoms with E-state index in [-0.39, 0.29) is 17.7 Å². The fourth-order valence-corrected chi connectivity index (χ4v) is 5.15. The van der Waals surface area contributed by atoms with E-state index in [1.165, 1.54) is 0 Å². The van der Waals surface area contributed by atoms with Crippen molar-refractivity contribution in [3.63, 3.8) is 0 Å². The van der Waals surface area contributed by atoms with Gasteiger partial charge >= 0.3 is 0 Å². The van der Waals surface area contributed by atoms with Crippen LogP contribution in [0.2, 0.25) is 0 Å². The van der Waals surface area contributed by atoms with Gasteiger partial charge in [0, 0.05) is 36.4 Å². The van der Waals surface area contributed by atoms with E-state index in [0.29, 0.717) is 41.6 Å². The van der Waals surface area contributed by atoms with Crippen molar-refractivity contribution in [1.82, 2.24) is 9.80 Å². The van der Waals surface area contributed by atoms with Gasteiger partial charge in [0.25, 0.3) is 11.8 Å². The van der Waals surface area contributed by atoms with Gasteiger partial charge in [0.15, 0.2) is 0 Å². The fraction of sp³-hybridized carbons (Fsp3) is 0.444. The van der Waals surface area contributed by atoms with Gasteiger partial charge in [-0.3, -0.25) is 14.4 Å². The Labute approximate surface area is 196 Å². The van der Waals surface area contributed by atoms with Crippen LogP contribution in [0, 0.1) is 18.8 Å². The van der Waals surface area contributed by atoms with Gasteiger partial charge in [0.2, 0.25) is 5.91 Å². The summed E-state index contributed by atoms with van der Waals surface area (Å²) in [6, 6.07) is 14.0. The molecule has 3 amide bonds. The lowest BCUT2D eigenvalue weighted by Gasteiger charge is -2.35. The Morgan fingerprint density at radius 1 is 0.909 bits per heavy atom. The van der Waals surface area contributed by atoms with Crippen LogP contribution in [0.3, 0.4) is 0 Å². The Balaban J connectivity index is 1.49. The van der Waals surface area contributed by atoms with Crippen molar-refractivity contribution in [2.24, 2.45) is 11.8 Å². The van der Waals surface area contributed by atoms with E-state index in [9.17, 15) is 14.4 Å². The summed E-state index contributed by atoms with van der Waals surface area (Å²) in [6.45, 7) is 8.36. The zero-order valence-corrected chi connectivity index (χ0v) is 19.7. The lowest BCUT2D eigenvalue weighted by atomic mass is 9.91. The van der Waals surface area contributed by atoms with Crippen LogP contribution in [-0.2, 0) is 4.79 Å². The molecule has 33 heavy (non-hydrogen) atoms. The molecule has 2 aromatic rings. The number of hydrogen-bond acceptors (Lipinski definition) is 3. The van der Waals surface area contributed by atoms with Crippen LogP contribution in [0.25, 0.3) is 0 Å². The number of nitrogens with one attached hydrogen (secondary N) is 1. The molecule has 2 aliphatic heterocycles. The summed E-state index contributed by atoms with van der Waals surface area (Å²) in [5.74, 6) is 0.647. The summed E-state index contributed by atoms with van der Waals surface area (Å²) < 4.78 is 0. The topological polar surface area (TPSA) is 69.7 Å². The third kappa shape index (κ3) is 5.10.